The molecule has 2 fully saturated rings. The summed E-state index contributed by atoms with van der Waals surface area (Å²) in [7, 11) is 0. The number of ether oxygens (including phenoxy) is 3. The number of hydrogen-bond donors (Lipinski definition) is 0. The van der Waals surface area contributed by atoms with Crippen molar-refractivity contribution >= 4 is 11.9 Å². The highest BCUT2D eigenvalue weighted by Gasteiger charge is 2.28. The molecule has 0 unspecified atom stereocenters. The van der Waals surface area contributed by atoms with E-state index in [1.165, 1.54) is 0 Å². The van der Waals surface area contributed by atoms with Crippen molar-refractivity contribution in [3.63, 3.8) is 0 Å². The molecular weight excluding hydrogens is 432 g/mol. The third-order valence-electron chi connectivity index (χ3n) is 5.98. The third kappa shape index (κ3) is 6.49. The topological polar surface area (TPSA) is 78.0 Å². The van der Waals surface area contributed by atoms with Crippen LogP contribution in [-0.4, -0.2) is 46.6 Å². The Labute approximate surface area is 201 Å². The quantitative estimate of drug-likeness (QED) is 0.500. The molecule has 4 rings (SSSR count). The number of rotatable bonds is 7. The smallest absolute Gasteiger partial charge is 0.410 e. The standard InChI is InChI=1S/C27H34N2O5/c1-18(30)20-8-9-21(24(16-20)33-22-10-11-22)17-32-25-7-5-6-23(28-25)19-12-14-29(15-13-19)26(31)34-27(2,3)4/h5-9,16,19,22H,10-15,17H2,1-4H3. The first-order valence-corrected chi connectivity index (χ1v) is 12.1. The van der Waals surface area contributed by atoms with Crippen molar-refractivity contribution < 1.29 is 23.8 Å². The Morgan fingerprint density at radius 2 is 1.79 bits per heavy atom. The van der Waals surface area contributed by atoms with Gasteiger partial charge in [0.05, 0.1) is 6.10 Å². The van der Waals surface area contributed by atoms with E-state index < -0.39 is 5.60 Å². The Balaban J connectivity index is 1.36. The maximum absolute atomic E-state index is 12.3. The lowest BCUT2D eigenvalue weighted by molar-refractivity contribution is 0.0203. The molecule has 1 saturated heterocycles. The van der Waals surface area contributed by atoms with Gasteiger partial charge in [-0.25, -0.2) is 9.78 Å². The van der Waals surface area contributed by atoms with E-state index in [1.54, 1.807) is 11.8 Å². The first-order chi connectivity index (χ1) is 16.2. The number of aromatic nitrogens is 1. The first kappa shape index (κ1) is 24.0. The zero-order valence-corrected chi connectivity index (χ0v) is 20.5. The van der Waals surface area contributed by atoms with E-state index in [4.69, 9.17) is 19.2 Å². The van der Waals surface area contributed by atoms with Crippen molar-refractivity contribution in [1.82, 2.24) is 9.88 Å². The lowest BCUT2D eigenvalue weighted by atomic mass is 9.93. The fourth-order valence-corrected chi connectivity index (χ4v) is 3.94. The second-order valence-electron chi connectivity index (χ2n) is 10.1. The normalized spacial score (nSPS) is 16.8. The Bertz CT molecular complexity index is 1030. The molecule has 2 aromatic rings. The van der Waals surface area contributed by atoms with Crippen LogP contribution in [0.2, 0.25) is 0 Å². The Morgan fingerprint density at radius 1 is 1.06 bits per heavy atom. The highest BCUT2D eigenvalue weighted by atomic mass is 16.6. The second-order valence-corrected chi connectivity index (χ2v) is 10.1. The average Bonchev–Trinajstić information content (AvgIpc) is 3.61. The van der Waals surface area contributed by atoms with Gasteiger partial charge in [-0.2, -0.15) is 0 Å². The van der Waals surface area contributed by atoms with Gasteiger partial charge in [-0.3, -0.25) is 4.79 Å². The third-order valence-corrected chi connectivity index (χ3v) is 5.98. The molecule has 182 valence electrons. The van der Waals surface area contributed by atoms with Gasteiger partial charge in [0.25, 0.3) is 0 Å². The number of likely N-dealkylation sites (tertiary alicyclic amines) is 1. The summed E-state index contributed by atoms with van der Waals surface area (Å²) in [4.78, 5) is 30.6. The Kier molecular flexibility index (Phi) is 7.10. The van der Waals surface area contributed by atoms with Crippen molar-refractivity contribution in [3.05, 3.63) is 53.2 Å². The van der Waals surface area contributed by atoms with Crippen LogP contribution >= 0.6 is 0 Å². The highest BCUT2D eigenvalue weighted by Crippen LogP contribution is 2.32. The van der Waals surface area contributed by atoms with Crippen molar-refractivity contribution in [3.8, 4) is 11.6 Å². The number of piperidine rings is 1. The lowest BCUT2D eigenvalue weighted by Gasteiger charge is -2.33. The summed E-state index contributed by atoms with van der Waals surface area (Å²) in [5, 5.41) is 0. The van der Waals surface area contributed by atoms with Crippen LogP contribution in [0.4, 0.5) is 4.79 Å². The summed E-state index contributed by atoms with van der Waals surface area (Å²) in [5.41, 5.74) is 2.02. The van der Waals surface area contributed by atoms with Gasteiger partial charge in [-0.1, -0.05) is 18.2 Å². The molecule has 7 nitrogen and oxygen atoms in total. The highest BCUT2D eigenvalue weighted by molar-refractivity contribution is 5.94. The molecule has 7 heteroatoms. The average molecular weight is 467 g/mol. The predicted octanol–water partition coefficient (Wildman–Crippen LogP) is 5.52. The molecule has 0 N–H and O–H groups in total. The summed E-state index contributed by atoms with van der Waals surface area (Å²) in [5.74, 6) is 1.55. The number of ketones is 1. The van der Waals surface area contributed by atoms with Crippen LogP contribution < -0.4 is 9.47 Å². The van der Waals surface area contributed by atoms with Gasteiger partial charge in [-0.15, -0.1) is 0 Å². The van der Waals surface area contributed by atoms with E-state index in [-0.39, 0.29) is 23.9 Å². The molecule has 2 heterocycles. The zero-order chi connectivity index (χ0) is 24.3. The second kappa shape index (κ2) is 10.0. The van der Waals surface area contributed by atoms with Crippen LogP contribution in [0, 0.1) is 0 Å². The van der Waals surface area contributed by atoms with Crippen LogP contribution in [0.1, 0.15) is 80.9 Å². The monoisotopic (exact) mass is 466 g/mol. The Hall–Kier alpha value is -3.09. The minimum atomic E-state index is -0.489. The molecule has 1 aromatic carbocycles. The van der Waals surface area contributed by atoms with Crippen molar-refractivity contribution in [2.24, 2.45) is 0 Å². The summed E-state index contributed by atoms with van der Waals surface area (Å²) < 4.78 is 17.5. The minimum absolute atomic E-state index is 0.0141. The molecule has 1 aliphatic carbocycles. The van der Waals surface area contributed by atoms with Gasteiger partial charge in [0.1, 0.15) is 18.0 Å². The van der Waals surface area contributed by atoms with E-state index in [0.29, 0.717) is 36.9 Å². The molecule has 0 atom stereocenters. The van der Waals surface area contributed by atoms with Crippen LogP contribution in [0.3, 0.4) is 0 Å². The number of carbonyl (C=O) groups is 2. The van der Waals surface area contributed by atoms with E-state index in [2.05, 4.69) is 0 Å². The largest absolute Gasteiger partial charge is 0.490 e. The summed E-state index contributed by atoms with van der Waals surface area (Å²) >= 11 is 0. The zero-order valence-electron chi connectivity index (χ0n) is 20.5. The van der Waals surface area contributed by atoms with Crippen LogP contribution in [0.5, 0.6) is 11.6 Å². The van der Waals surface area contributed by atoms with Crippen molar-refractivity contribution in [2.45, 2.75) is 77.6 Å². The van der Waals surface area contributed by atoms with E-state index >= 15 is 0 Å². The number of carbonyl (C=O) groups excluding carboxylic acids is 2. The van der Waals surface area contributed by atoms with Crippen LogP contribution in [0.15, 0.2) is 36.4 Å². The SMILES string of the molecule is CC(=O)c1ccc(COc2cccc(C3CCN(C(=O)OC(C)(C)C)CC3)n2)c(OC2CC2)c1. The number of pyridine rings is 1. The maximum atomic E-state index is 12.3. The molecule has 0 radical (unpaired) electrons. The Morgan fingerprint density at radius 3 is 2.44 bits per heavy atom. The van der Waals surface area contributed by atoms with Gasteiger partial charge in [0, 0.05) is 41.9 Å². The van der Waals surface area contributed by atoms with Crippen LogP contribution in [-0.2, 0) is 11.3 Å². The molecule has 1 amide bonds. The fourth-order valence-electron chi connectivity index (χ4n) is 3.94. The summed E-state index contributed by atoms with van der Waals surface area (Å²) in [6.07, 6.45) is 3.73. The molecule has 1 aliphatic heterocycles. The predicted molar refractivity (Wildman–Crippen MR) is 128 cm³/mol. The molecule has 0 spiro atoms. The lowest BCUT2D eigenvalue weighted by Crippen LogP contribution is -2.41. The fraction of sp³-hybridized carbons (Fsp3) is 0.519. The summed E-state index contributed by atoms with van der Waals surface area (Å²) in [6, 6.07) is 11.3. The van der Waals surface area contributed by atoms with Gasteiger partial charge < -0.3 is 19.1 Å². The van der Waals surface area contributed by atoms with Gasteiger partial charge >= 0.3 is 6.09 Å². The van der Waals surface area contributed by atoms with Gasteiger partial charge in [0.2, 0.25) is 5.88 Å². The summed E-state index contributed by atoms with van der Waals surface area (Å²) in [6.45, 7) is 8.81. The maximum Gasteiger partial charge on any atom is 0.410 e. The number of benzene rings is 1. The molecule has 0 bridgehead atoms. The molecular formula is C27H34N2O5. The number of nitrogens with zero attached hydrogens (tertiary/aromatic N) is 2. The molecule has 1 aromatic heterocycles. The molecule has 2 aliphatic rings. The van der Waals surface area contributed by atoms with Gasteiger partial charge in [-0.05, 0) is 65.5 Å². The minimum Gasteiger partial charge on any atom is -0.490 e. The number of amides is 1. The molecule has 1 saturated carbocycles. The first-order valence-electron chi connectivity index (χ1n) is 12.1. The van der Waals surface area contributed by atoms with E-state index in [0.717, 1.165) is 36.9 Å². The number of Topliss-reactive ketones (excluding diaryl/α,β-unsaturated/α-hetero) is 1. The van der Waals surface area contributed by atoms with Crippen molar-refractivity contribution in [2.75, 3.05) is 13.1 Å². The van der Waals surface area contributed by atoms with Crippen molar-refractivity contribution in [1.29, 1.82) is 0 Å². The van der Waals surface area contributed by atoms with E-state index in [9.17, 15) is 9.59 Å². The van der Waals surface area contributed by atoms with Crippen LogP contribution in [0.25, 0.3) is 0 Å². The molecule has 34 heavy (non-hydrogen) atoms. The van der Waals surface area contributed by atoms with E-state index in [1.807, 2.05) is 57.2 Å². The number of hydrogen-bond acceptors (Lipinski definition) is 6. The van der Waals surface area contributed by atoms with Gasteiger partial charge in [0.15, 0.2) is 5.78 Å².